The molecule has 2 aromatic carbocycles. The van der Waals surface area contributed by atoms with Crippen LogP contribution in [0.15, 0.2) is 52.0 Å². The van der Waals surface area contributed by atoms with Gasteiger partial charge >= 0.3 is 0 Å². The number of hydrogen-bond donors (Lipinski definition) is 2. The van der Waals surface area contributed by atoms with Gasteiger partial charge < -0.3 is 10.1 Å². The highest BCUT2D eigenvalue weighted by Crippen LogP contribution is 2.26. The smallest absolute Gasteiger partial charge is 0.262 e. The van der Waals surface area contributed by atoms with Crippen molar-refractivity contribution in [3.63, 3.8) is 0 Å². The molecule has 1 unspecified atom stereocenters. The fourth-order valence-corrected chi connectivity index (χ4v) is 3.14. The Morgan fingerprint density at radius 1 is 1.07 bits per heavy atom. The summed E-state index contributed by atoms with van der Waals surface area (Å²) >= 11 is 3.47. The summed E-state index contributed by atoms with van der Waals surface area (Å²) in [7, 11) is 0. The number of amides is 2. The summed E-state index contributed by atoms with van der Waals surface area (Å²) in [6.07, 6.45) is 1.62. The topological polar surface area (TPSA) is 79.8 Å². The quantitative estimate of drug-likeness (QED) is 0.438. The molecule has 2 aromatic rings. The van der Waals surface area contributed by atoms with E-state index in [0.717, 1.165) is 21.3 Å². The molecule has 0 radical (unpaired) electrons. The Hall–Kier alpha value is -2.67. The fourth-order valence-electron chi connectivity index (χ4n) is 2.65. The summed E-state index contributed by atoms with van der Waals surface area (Å²) in [5.74, 6) is -0.0286. The van der Waals surface area contributed by atoms with Gasteiger partial charge in [0, 0.05) is 5.56 Å². The molecule has 0 aliphatic heterocycles. The van der Waals surface area contributed by atoms with E-state index in [1.54, 1.807) is 18.3 Å². The minimum absolute atomic E-state index is 0.0724. The van der Waals surface area contributed by atoms with Crippen molar-refractivity contribution in [2.24, 2.45) is 11.0 Å². The Morgan fingerprint density at radius 2 is 1.73 bits per heavy atom. The first kappa shape index (κ1) is 23.6. The van der Waals surface area contributed by atoms with E-state index in [1.807, 2.05) is 65.0 Å². The average Bonchev–Trinajstić information content (AvgIpc) is 2.67. The van der Waals surface area contributed by atoms with Crippen LogP contribution in [0.1, 0.15) is 49.2 Å². The molecule has 2 N–H and O–H groups in total. The number of halogens is 1. The highest BCUT2D eigenvalue weighted by molar-refractivity contribution is 9.10. The van der Waals surface area contributed by atoms with Crippen molar-refractivity contribution in [1.82, 2.24) is 10.7 Å². The largest absolute Gasteiger partial charge is 0.490 e. The number of benzene rings is 2. The SMILES string of the molecule is Cc1ccc(C(=O)NC(C(=O)N/N=C/c2ccc(OC(C)C)c(Br)c2)C(C)C)cc1. The Balaban J connectivity index is 2.00. The van der Waals surface area contributed by atoms with Crippen molar-refractivity contribution in [1.29, 1.82) is 0 Å². The van der Waals surface area contributed by atoms with Gasteiger partial charge in [-0.3, -0.25) is 9.59 Å². The second-order valence-corrected chi connectivity index (χ2v) is 8.51. The molecule has 0 saturated heterocycles. The summed E-state index contributed by atoms with van der Waals surface area (Å²) in [5.41, 5.74) is 4.88. The summed E-state index contributed by atoms with van der Waals surface area (Å²) in [6, 6.07) is 12.0. The molecule has 0 fully saturated rings. The number of nitrogens with one attached hydrogen (secondary N) is 2. The number of ether oxygens (including phenoxy) is 1. The normalized spacial score (nSPS) is 12.3. The van der Waals surface area contributed by atoms with Crippen molar-refractivity contribution in [2.75, 3.05) is 0 Å². The van der Waals surface area contributed by atoms with Crippen LogP contribution in [0.2, 0.25) is 0 Å². The van der Waals surface area contributed by atoms with E-state index >= 15 is 0 Å². The second kappa shape index (κ2) is 10.9. The van der Waals surface area contributed by atoms with Gasteiger partial charge in [0.15, 0.2) is 0 Å². The van der Waals surface area contributed by atoms with Crippen LogP contribution in [-0.2, 0) is 4.79 Å². The molecule has 7 heteroatoms. The number of aryl methyl sites for hydroxylation is 1. The van der Waals surface area contributed by atoms with Gasteiger partial charge in [0.05, 0.1) is 16.8 Å². The highest BCUT2D eigenvalue weighted by Gasteiger charge is 2.24. The number of rotatable bonds is 8. The van der Waals surface area contributed by atoms with Crippen LogP contribution in [0.4, 0.5) is 0 Å². The lowest BCUT2D eigenvalue weighted by atomic mass is 10.0. The summed E-state index contributed by atoms with van der Waals surface area (Å²) in [5, 5.41) is 6.82. The molecule has 0 aliphatic carbocycles. The van der Waals surface area contributed by atoms with Crippen molar-refractivity contribution >= 4 is 34.0 Å². The predicted molar refractivity (Wildman–Crippen MR) is 123 cm³/mol. The van der Waals surface area contributed by atoms with Crippen LogP contribution in [0.25, 0.3) is 0 Å². The maximum atomic E-state index is 12.6. The van der Waals surface area contributed by atoms with Crippen LogP contribution in [0, 0.1) is 12.8 Å². The Morgan fingerprint density at radius 3 is 2.30 bits per heavy atom. The van der Waals surface area contributed by atoms with Gasteiger partial charge in [-0.2, -0.15) is 5.10 Å². The molecule has 0 saturated carbocycles. The van der Waals surface area contributed by atoms with Crippen molar-refractivity contribution < 1.29 is 14.3 Å². The molecule has 160 valence electrons. The maximum absolute atomic E-state index is 12.6. The van der Waals surface area contributed by atoms with Crippen molar-refractivity contribution in [2.45, 2.75) is 46.8 Å². The monoisotopic (exact) mass is 473 g/mol. The average molecular weight is 474 g/mol. The molecule has 2 rings (SSSR count). The number of carbonyl (C=O) groups is 2. The molecule has 1 atom stereocenters. The fraction of sp³-hybridized carbons (Fsp3) is 0.348. The predicted octanol–water partition coefficient (Wildman–Crippen LogP) is 4.45. The minimum Gasteiger partial charge on any atom is -0.490 e. The van der Waals surface area contributed by atoms with Crippen LogP contribution in [0.5, 0.6) is 5.75 Å². The van der Waals surface area contributed by atoms with Crippen molar-refractivity contribution in [3.8, 4) is 5.75 Å². The van der Waals surface area contributed by atoms with E-state index < -0.39 is 6.04 Å². The van der Waals surface area contributed by atoms with Crippen LogP contribution < -0.4 is 15.5 Å². The van der Waals surface area contributed by atoms with Gasteiger partial charge in [0.25, 0.3) is 11.8 Å². The zero-order valence-corrected chi connectivity index (χ0v) is 19.5. The Kier molecular flexibility index (Phi) is 8.59. The highest BCUT2D eigenvalue weighted by atomic mass is 79.9. The summed E-state index contributed by atoms with van der Waals surface area (Å²) < 4.78 is 6.48. The molecular formula is C23H28BrN3O3. The summed E-state index contributed by atoms with van der Waals surface area (Å²) in [4.78, 5) is 25.0. The number of hydrazone groups is 1. The van der Waals surface area contributed by atoms with E-state index in [9.17, 15) is 9.59 Å². The van der Waals surface area contributed by atoms with Crippen molar-refractivity contribution in [3.05, 3.63) is 63.6 Å². The van der Waals surface area contributed by atoms with Gasteiger partial charge in [-0.1, -0.05) is 31.5 Å². The molecule has 0 bridgehead atoms. The molecule has 30 heavy (non-hydrogen) atoms. The third-order valence-corrected chi connectivity index (χ3v) is 4.88. The zero-order chi connectivity index (χ0) is 22.3. The lowest BCUT2D eigenvalue weighted by Crippen LogP contribution is -2.48. The van der Waals surface area contributed by atoms with Crippen LogP contribution >= 0.6 is 15.9 Å². The Bertz CT molecular complexity index is 908. The molecule has 0 heterocycles. The van der Waals surface area contributed by atoms with Gasteiger partial charge in [0.2, 0.25) is 0 Å². The first-order valence-corrected chi connectivity index (χ1v) is 10.6. The Labute approximate surface area is 186 Å². The first-order chi connectivity index (χ1) is 14.2. The number of nitrogens with zero attached hydrogens (tertiary/aromatic N) is 1. The van der Waals surface area contributed by atoms with E-state index in [0.29, 0.717) is 5.56 Å². The standard InChI is InChI=1S/C23H28BrN3O3/c1-14(2)21(26-22(28)18-9-6-16(5)7-10-18)23(29)27-25-13-17-8-11-20(19(24)12-17)30-15(3)4/h6-15,21H,1-5H3,(H,26,28)(H,27,29)/b25-13+. The molecular weight excluding hydrogens is 446 g/mol. The maximum Gasteiger partial charge on any atom is 0.262 e. The number of carbonyl (C=O) groups excluding carboxylic acids is 2. The molecule has 0 aromatic heterocycles. The molecule has 6 nitrogen and oxygen atoms in total. The molecule has 0 spiro atoms. The van der Waals surface area contributed by atoms with E-state index in [4.69, 9.17) is 4.74 Å². The minimum atomic E-state index is -0.704. The van der Waals surface area contributed by atoms with Crippen LogP contribution in [-0.4, -0.2) is 30.2 Å². The van der Waals surface area contributed by atoms with Gasteiger partial charge in [-0.15, -0.1) is 0 Å². The van der Waals surface area contributed by atoms with Gasteiger partial charge in [-0.05, 0) is 78.5 Å². The first-order valence-electron chi connectivity index (χ1n) is 9.84. The third-order valence-electron chi connectivity index (χ3n) is 4.26. The molecule has 2 amide bonds. The third kappa shape index (κ3) is 6.99. The summed E-state index contributed by atoms with van der Waals surface area (Å²) in [6.45, 7) is 9.61. The van der Waals surface area contributed by atoms with Gasteiger partial charge in [0.1, 0.15) is 11.8 Å². The lowest BCUT2D eigenvalue weighted by molar-refractivity contribution is -0.123. The second-order valence-electron chi connectivity index (χ2n) is 7.65. The zero-order valence-electron chi connectivity index (χ0n) is 17.9. The van der Waals surface area contributed by atoms with Crippen LogP contribution in [0.3, 0.4) is 0 Å². The molecule has 0 aliphatic rings. The van der Waals surface area contributed by atoms with Gasteiger partial charge in [-0.25, -0.2) is 5.43 Å². The van der Waals surface area contributed by atoms with E-state index in [1.165, 1.54) is 0 Å². The van der Waals surface area contributed by atoms with E-state index in [-0.39, 0.29) is 23.8 Å². The van der Waals surface area contributed by atoms with E-state index in [2.05, 4.69) is 31.8 Å². The lowest BCUT2D eigenvalue weighted by Gasteiger charge is -2.20. The number of hydrogen-bond acceptors (Lipinski definition) is 4.